The maximum Gasteiger partial charge on any atom is 0.135 e. The fourth-order valence-corrected chi connectivity index (χ4v) is 2.49. The number of hydrazone groups is 1. The van der Waals surface area contributed by atoms with Crippen LogP contribution in [0.5, 0.6) is 0 Å². The molecule has 0 spiro atoms. The van der Waals surface area contributed by atoms with Crippen LogP contribution in [-0.2, 0) is 6.42 Å². The molecule has 0 saturated heterocycles. The molecule has 102 valence electrons. The number of halogens is 2. The highest BCUT2D eigenvalue weighted by atomic mass is 35.5. The van der Waals surface area contributed by atoms with Gasteiger partial charge in [-0.1, -0.05) is 41.4 Å². The third-order valence-corrected chi connectivity index (χ3v) is 3.81. The zero-order valence-electron chi connectivity index (χ0n) is 10.7. The Balaban J connectivity index is 1.83. The summed E-state index contributed by atoms with van der Waals surface area (Å²) >= 11 is 12.1. The number of amidine groups is 1. The van der Waals surface area contributed by atoms with E-state index in [4.69, 9.17) is 23.2 Å². The minimum atomic E-state index is 0.654. The predicted octanol–water partition coefficient (Wildman–Crippen LogP) is 3.92. The van der Waals surface area contributed by atoms with Gasteiger partial charge in [-0.05, 0) is 35.9 Å². The van der Waals surface area contributed by atoms with E-state index in [0.717, 1.165) is 27.1 Å². The topological polar surface area (TPSA) is 27.6 Å². The maximum atomic E-state index is 6.21. The molecule has 5 heteroatoms. The lowest BCUT2D eigenvalue weighted by Gasteiger charge is -2.19. The molecule has 0 saturated carbocycles. The van der Waals surface area contributed by atoms with Gasteiger partial charge in [-0.3, -0.25) is 5.43 Å². The molecule has 20 heavy (non-hydrogen) atoms. The van der Waals surface area contributed by atoms with Crippen LogP contribution in [0.4, 0.5) is 5.69 Å². The van der Waals surface area contributed by atoms with Crippen LogP contribution in [0.2, 0.25) is 10.0 Å². The van der Waals surface area contributed by atoms with E-state index >= 15 is 0 Å². The monoisotopic (exact) mass is 305 g/mol. The van der Waals surface area contributed by atoms with Crippen molar-refractivity contribution in [1.82, 2.24) is 5.43 Å². The van der Waals surface area contributed by atoms with Gasteiger partial charge in [0, 0.05) is 22.2 Å². The van der Waals surface area contributed by atoms with Crippen molar-refractivity contribution >= 4 is 34.7 Å². The van der Waals surface area contributed by atoms with Crippen molar-refractivity contribution in [2.24, 2.45) is 5.10 Å². The Hall–Kier alpha value is -1.71. The first kappa shape index (κ1) is 13.3. The molecule has 3 rings (SSSR count). The van der Waals surface area contributed by atoms with Gasteiger partial charge >= 0.3 is 0 Å². The normalized spacial score (nSPS) is 14.1. The zero-order valence-corrected chi connectivity index (χ0v) is 12.2. The van der Waals surface area contributed by atoms with Crippen molar-refractivity contribution in [1.29, 1.82) is 0 Å². The van der Waals surface area contributed by atoms with E-state index in [2.05, 4.69) is 15.4 Å². The first-order valence-corrected chi connectivity index (χ1v) is 7.05. The van der Waals surface area contributed by atoms with Crippen LogP contribution in [0.1, 0.15) is 5.56 Å². The molecular weight excluding hydrogens is 293 g/mol. The van der Waals surface area contributed by atoms with E-state index in [9.17, 15) is 0 Å². The second kappa shape index (κ2) is 5.73. The zero-order chi connectivity index (χ0) is 13.9. The van der Waals surface area contributed by atoms with E-state index in [-0.39, 0.29) is 0 Å². The minimum Gasteiger partial charge on any atom is -0.309 e. The number of anilines is 1. The Labute approximate surface area is 127 Å². The van der Waals surface area contributed by atoms with E-state index in [1.807, 2.05) is 48.5 Å². The van der Waals surface area contributed by atoms with Crippen LogP contribution in [-0.4, -0.2) is 12.5 Å². The van der Waals surface area contributed by atoms with E-state index in [1.54, 1.807) is 0 Å². The molecule has 0 atom stereocenters. The molecule has 1 aliphatic rings. The Morgan fingerprint density at radius 3 is 2.55 bits per heavy atom. The Morgan fingerprint density at radius 1 is 1.05 bits per heavy atom. The van der Waals surface area contributed by atoms with Crippen molar-refractivity contribution < 1.29 is 0 Å². The second-order valence-electron chi connectivity index (χ2n) is 4.52. The van der Waals surface area contributed by atoms with Gasteiger partial charge in [-0.15, -0.1) is 0 Å². The van der Waals surface area contributed by atoms with E-state index < -0.39 is 0 Å². The summed E-state index contributed by atoms with van der Waals surface area (Å²) in [7, 11) is 0. The van der Waals surface area contributed by atoms with Crippen LogP contribution in [0.15, 0.2) is 53.6 Å². The fourth-order valence-electron chi connectivity index (χ4n) is 2.16. The summed E-state index contributed by atoms with van der Waals surface area (Å²) < 4.78 is 0. The molecule has 0 fully saturated rings. The van der Waals surface area contributed by atoms with Gasteiger partial charge in [0.2, 0.25) is 0 Å². The largest absolute Gasteiger partial charge is 0.309 e. The summed E-state index contributed by atoms with van der Waals surface area (Å²) in [6.45, 7) is 0.654. The van der Waals surface area contributed by atoms with Crippen LogP contribution in [0.25, 0.3) is 0 Å². The van der Waals surface area contributed by atoms with Gasteiger partial charge in [0.05, 0.1) is 0 Å². The van der Waals surface area contributed by atoms with E-state index in [0.29, 0.717) is 13.1 Å². The molecule has 1 aliphatic heterocycles. The van der Waals surface area contributed by atoms with Gasteiger partial charge in [-0.2, -0.15) is 5.10 Å². The molecule has 2 aromatic carbocycles. The molecule has 0 bridgehead atoms. The summed E-state index contributed by atoms with van der Waals surface area (Å²) in [5.41, 5.74) is 5.14. The van der Waals surface area contributed by atoms with Gasteiger partial charge < -0.3 is 4.90 Å². The smallest absolute Gasteiger partial charge is 0.135 e. The summed E-state index contributed by atoms with van der Waals surface area (Å²) in [6.07, 6.45) is 0.690. The lowest BCUT2D eigenvalue weighted by molar-refractivity contribution is 0.807. The molecule has 2 aromatic rings. The molecule has 1 heterocycles. The predicted molar refractivity (Wildman–Crippen MR) is 84.5 cm³/mol. The molecule has 0 aromatic heterocycles. The average molecular weight is 306 g/mol. The van der Waals surface area contributed by atoms with Crippen LogP contribution >= 0.6 is 23.2 Å². The highest BCUT2D eigenvalue weighted by molar-refractivity contribution is 6.31. The quantitative estimate of drug-likeness (QED) is 0.931. The maximum absolute atomic E-state index is 6.21. The summed E-state index contributed by atoms with van der Waals surface area (Å²) in [4.78, 5) is 2.11. The van der Waals surface area contributed by atoms with Crippen LogP contribution in [0.3, 0.4) is 0 Å². The number of nitrogens with one attached hydrogen (secondary N) is 1. The summed E-state index contributed by atoms with van der Waals surface area (Å²) in [5, 5.41) is 5.84. The van der Waals surface area contributed by atoms with Crippen molar-refractivity contribution in [2.75, 3.05) is 11.6 Å². The molecule has 1 N–H and O–H groups in total. The van der Waals surface area contributed by atoms with Crippen molar-refractivity contribution in [3.8, 4) is 0 Å². The minimum absolute atomic E-state index is 0.654. The third-order valence-electron chi connectivity index (χ3n) is 3.19. The van der Waals surface area contributed by atoms with E-state index in [1.165, 1.54) is 0 Å². The molecule has 3 nitrogen and oxygen atoms in total. The van der Waals surface area contributed by atoms with Crippen LogP contribution < -0.4 is 10.3 Å². The van der Waals surface area contributed by atoms with Gasteiger partial charge in [0.1, 0.15) is 12.5 Å². The standard InChI is InChI=1S/C15H13Cl2N3/c16-12-5-7-13(8-6-12)20-10-18-19-15(20)9-11-3-1-2-4-14(11)17/h1-8,18H,9-10H2. The number of rotatable bonds is 3. The molecular formula is C15H13Cl2N3. The van der Waals surface area contributed by atoms with Crippen LogP contribution in [0, 0.1) is 0 Å². The molecule has 0 aliphatic carbocycles. The van der Waals surface area contributed by atoms with Crippen molar-refractivity contribution in [3.63, 3.8) is 0 Å². The lowest BCUT2D eigenvalue weighted by atomic mass is 10.1. The first-order valence-electron chi connectivity index (χ1n) is 6.30. The molecule has 0 unspecified atom stereocenters. The second-order valence-corrected chi connectivity index (χ2v) is 5.36. The van der Waals surface area contributed by atoms with Gasteiger partial charge in [-0.25, -0.2) is 0 Å². The van der Waals surface area contributed by atoms with Crippen molar-refractivity contribution in [2.45, 2.75) is 6.42 Å². The Bertz CT molecular complexity index is 638. The molecule has 0 amide bonds. The van der Waals surface area contributed by atoms with Gasteiger partial charge in [0.15, 0.2) is 0 Å². The number of hydrogen-bond acceptors (Lipinski definition) is 3. The third kappa shape index (κ3) is 2.74. The Kier molecular flexibility index (Phi) is 3.81. The number of hydrogen-bond donors (Lipinski definition) is 1. The van der Waals surface area contributed by atoms with Gasteiger partial charge in [0.25, 0.3) is 0 Å². The number of nitrogens with zero attached hydrogens (tertiary/aromatic N) is 2. The highest BCUT2D eigenvalue weighted by Gasteiger charge is 2.19. The van der Waals surface area contributed by atoms with Crippen molar-refractivity contribution in [3.05, 3.63) is 64.1 Å². The molecule has 0 radical (unpaired) electrons. The summed E-state index contributed by atoms with van der Waals surface area (Å²) in [6, 6.07) is 15.5. The lowest BCUT2D eigenvalue weighted by Crippen LogP contribution is -2.30. The SMILES string of the molecule is Clc1ccc(N2CNN=C2Cc2ccccc2Cl)cc1. The average Bonchev–Trinajstić information content (AvgIpc) is 2.90. The fraction of sp³-hybridized carbons (Fsp3) is 0.133. The summed E-state index contributed by atoms with van der Waals surface area (Å²) in [5.74, 6) is 0.945. The number of benzene rings is 2. The highest BCUT2D eigenvalue weighted by Crippen LogP contribution is 2.22. The Morgan fingerprint density at radius 2 is 1.80 bits per heavy atom. The first-order chi connectivity index (χ1) is 9.74.